The van der Waals surface area contributed by atoms with Crippen LogP contribution in [0.3, 0.4) is 0 Å². The van der Waals surface area contributed by atoms with Crippen LogP contribution < -0.4 is 10.7 Å². The van der Waals surface area contributed by atoms with E-state index in [0.717, 1.165) is 51.1 Å². The van der Waals surface area contributed by atoms with Crippen LogP contribution in [0.5, 0.6) is 0 Å². The predicted octanol–water partition coefficient (Wildman–Crippen LogP) is 6.25. The molecule has 16 nitrogen and oxygen atoms in total. The fourth-order valence-electron chi connectivity index (χ4n) is 9.88. The minimum atomic E-state index is -1.08. The Morgan fingerprint density at radius 1 is 1.13 bits per heavy atom. The number of hydrogen-bond acceptors (Lipinski definition) is 11. The van der Waals surface area contributed by atoms with Crippen LogP contribution in [0.2, 0.25) is 0 Å². The molecule has 3 aliphatic rings. The number of hydrazine groups is 1. The summed E-state index contributed by atoms with van der Waals surface area (Å²) in [4.78, 5) is 83.9. The van der Waals surface area contributed by atoms with Gasteiger partial charge in [0.1, 0.15) is 18.1 Å². The number of benzene rings is 1. The first-order valence-corrected chi connectivity index (χ1v) is 24.3. The number of methoxy groups -OCH3 is 1. The SMILES string of the molecule is C=CC(=O)N(C)C[C@H]1CCN(C(=O)N(C)[C@H](C(=O)N[C@H]2Cc3nc(cs3)-c3ccc4c(c3)c(c(-c3cccnc3[C@H](C)OC)n4CC)CC(C)(C)COC(=O)[C@@H]3CCCN(N3)C2=O)C(C)C)C1. The van der Waals surface area contributed by atoms with Crippen molar-refractivity contribution in [2.45, 2.75) is 104 Å². The number of likely N-dealkylation sites (N-methyl/N-ethyl adjacent to an activating group) is 2. The van der Waals surface area contributed by atoms with Crippen molar-refractivity contribution in [1.29, 1.82) is 0 Å². The lowest BCUT2D eigenvalue weighted by atomic mass is 9.84. The third kappa shape index (κ3) is 10.6. The van der Waals surface area contributed by atoms with Crippen LogP contribution >= 0.6 is 11.3 Å². The first-order valence-electron chi connectivity index (χ1n) is 23.5. The normalized spacial score (nSPS) is 20.8. The fourth-order valence-corrected chi connectivity index (χ4v) is 10.7. The number of fused-ring (bicyclic) bond motifs is 6. The Balaban J connectivity index is 1.23. The number of nitrogens with one attached hydrogen (secondary N) is 2. The van der Waals surface area contributed by atoms with E-state index in [-0.39, 0.29) is 42.9 Å². The molecule has 1 aromatic carbocycles. The number of nitrogens with zero attached hydrogens (tertiary/aromatic N) is 7. The second-order valence-electron chi connectivity index (χ2n) is 19.4. The average molecular weight is 938 g/mol. The highest BCUT2D eigenvalue weighted by Crippen LogP contribution is 2.42. The fraction of sp³-hybridized carbons (Fsp3) is 0.540. The van der Waals surface area contributed by atoms with Crippen molar-refractivity contribution in [3.63, 3.8) is 0 Å². The molecule has 5 amide bonds. The Bertz CT molecular complexity index is 2500. The van der Waals surface area contributed by atoms with E-state index >= 15 is 0 Å². The van der Waals surface area contributed by atoms with E-state index in [4.69, 9.17) is 19.4 Å². The van der Waals surface area contributed by atoms with Gasteiger partial charge in [-0.15, -0.1) is 11.3 Å². The molecule has 67 heavy (non-hydrogen) atoms. The third-order valence-corrected chi connectivity index (χ3v) is 14.3. The zero-order chi connectivity index (χ0) is 48.3. The number of hydrogen-bond donors (Lipinski definition) is 2. The summed E-state index contributed by atoms with van der Waals surface area (Å²) >= 11 is 1.41. The zero-order valence-corrected chi connectivity index (χ0v) is 41.3. The van der Waals surface area contributed by atoms with E-state index in [1.54, 1.807) is 37.2 Å². The number of aryl methyl sites for hydroxylation is 1. The van der Waals surface area contributed by atoms with Crippen molar-refractivity contribution in [1.82, 2.24) is 45.0 Å². The minimum absolute atomic E-state index is 0.0786. The van der Waals surface area contributed by atoms with Crippen LogP contribution in [0.15, 0.2) is 54.6 Å². The average Bonchev–Trinajstić information content (AvgIpc) is 4.06. The molecule has 0 saturated carbocycles. The van der Waals surface area contributed by atoms with Gasteiger partial charge in [0.2, 0.25) is 11.8 Å². The van der Waals surface area contributed by atoms with Gasteiger partial charge in [0.05, 0.1) is 34.8 Å². The summed E-state index contributed by atoms with van der Waals surface area (Å²) in [5, 5.41) is 8.13. The van der Waals surface area contributed by atoms with E-state index in [1.807, 2.05) is 32.2 Å². The second-order valence-corrected chi connectivity index (χ2v) is 20.3. The maximum atomic E-state index is 14.7. The molecule has 4 aromatic rings. The maximum absolute atomic E-state index is 14.7. The highest BCUT2D eigenvalue weighted by Gasteiger charge is 2.40. The molecule has 2 saturated heterocycles. The molecular formula is C50H67N9O7S. The van der Waals surface area contributed by atoms with Crippen LogP contribution in [0.1, 0.15) is 83.2 Å². The lowest BCUT2D eigenvalue weighted by molar-refractivity contribution is -0.155. The molecule has 6 heterocycles. The Morgan fingerprint density at radius 3 is 2.63 bits per heavy atom. The molecule has 0 aliphatic carbocycles. The standard InChI is InChI=1S/C50H67N9O7S/c1-11-42(60)55(8)26-32-19-22-57(27-32)49(64)56(9)44(30(3)4)46(61)53-38-24-41-52-39(28-67-41)33-17-18-40-35(23-33)36(45(58(40)12-2)34-15-13-20-51-43(34)31(5)65-10)25-50(6,7)29-66-48(63)37-16-14-21-59(54-37)47(38)62/h11,13,15,17-18,20,23,28,30-32,37-38,44,54H,1,12,14,16,19,21-22,24-27,29H2,2-10H3,(H,53,61)/t31-,32+,37-,38-,44-/m0/s1. The molecule has 5 atom stereocenters. The molecule has 2 fully saturated rings. The van der Waals surface area contributed by atoms with Crippen LogP contribution in [-0.4, -0.2) is 136 Å². The molecule has 0 radical (unpaired) electrons. The summed E-state index contributed by atoms with van der Waals surface area (Å²) in [6, 6.07) is 7.34. The van der Waals surface area contributed by atoms with Crippen molar-refractivity contribution in [2.24, 2.45) is 17.3 Å². The van der Waals surface area contributed by atoms with Gasteiger partial charge in [-0.1, -0.05) is 40.3 Å². The summed E-state index contributed by atoms with van der Waals surface area (Å²) in [6.45, 7) is 18.2. The molecule has 17 heteroatoms. The van der Waals surface area contributed by atoms with Crippen LogP contribution in [0.4, 0.5) is 4.79 Å². The number of likely N-dealkylation sites (tertiary alicyclic amines) is 1. The summed E-state index contributed by atoms with van der Waals surface area (Å²) in [5.41, 5.74) is 9.27. The van der Waals surface area contributed by atoms with E-state index < -0.39 is 41.3 Å². The van der Waals surface area contributed by atoms with E-state index in [9.17, 15) is 24.0 Å². The molecule has 6 bridgehead atoms. The number of thiazole rings is 1. The van der Waals surface area contributed by atoms with Crippen molar-refractivity contribution >= 4 is 52.0 Å². The molecule has 0 spiro atoms. The van der Waals surface area contributed by atoms with Gasteiger partial charge in [-0.25, -0.2) is 15.2 Å². The lowest BCUT2D eigenvalue weighted by Gasteiger charge is -2.37. The number of esters is 1. The van der Waals surface area contributed by atoms with Crippen molar-refractivity contribution in [3.8, 4) is 22.5 Å². The quantitative estimate of drug-likeness (QED) is 0.130. The Labute approximate surface area is 398 Å². The molecule has 7 rings (SSSR count). The van der Waals surface area contributed by atoms with E-state index in [0.29, 0.717) is 57.0 Å². The number of amides is 5. The van der Waals surface area contributed by atoms with Gasteiger partial charge in [0.15, 0.2) is 0 Å². The Hall–Kier alpha value is -5.65. The van der Waals surface area contributed by atoms with E-state index in [1.165, 1.54) is 27.3 Å². The summed E-state index contributed by atoms with van der Waals surface area (Å²) in [5.74, 6) is -1.76. The van der Waals surface area contributed by atoms with Crippen LogP contribution in [-0.2, 0) is 48.0 Å². The number of ether oxygens (including phenoxy) is 2. The number of cyclic esters (lactones) is 1. The number of rotatable bonds is 11. The maximum Gasteiger partial charge on any atom is 0.324 e. The Kier molecular flexibility index (Phi) is 15.2. The molecule has 3 aliphatic heterocycles. The third-order valence-electron chi connectivity index (χ3n) is 13.4. The largest absolute Gasteiger partial charge is 0.464 e. The first kappa shape index (κ1) is 49.3. The molecule has 360 valence electrons. The summed E-state index contributed by atoms with van der Waals surface area (Å²) in [7, 11) is 5.02. The number of pyridine rings is 1. The van der Waals surface area contributed by atoms with Crippen LogP contribution in [0, 0.1) is 17.3 Å². The van der Waals surface area contributed by atoms with Crippen molar-refractivity contribution < 1.29 is 33.4 Å². The summed E-state index contributed by atoms with van der Waals surface area (Å²) < 4.78 is 14.2. The van der Waals surface area contributed by atoms with Gasteiger partial charge in [0.25, 0.3) is 5.91 Å². The molecular weight excluding hydrogens is 871 g/mol. The van der Waals surface area contributed by atoms with Crippen molar-refractivity contribution in [2.75, 3.05) is 54.0 Å². The van der Waals surface area contributed by atoms with Gasteiger partial charge in [-0.3, -0.25) is 29.2 Å². The van der Waals surface area contributed by atoms with Gasteiger partial charge in [0, 0.05) is 99.4 Å². The van der Waals surface area contributed by atoms with Crippen LogP contribution in [0.25, 0.3) is 33.4 Å². The lowest BCUT2D eigenvalue weighted by Crippen LogP contribution is -2.62. The monoisotopic (exact) mass is 937 g/mol. The predicted molar refractivity (Wildman–Crippen MR) is 259 cm³/mol. The minimum Gasteiger partial charge on any atom is -0.464 e. The van der Waals surface area contributed by atoms with E-state index in [2.05, 4.69) is 66.9 Å². The topological polar surface area (TPSA) is 172 Å². The second kappa shape index (κ2) is 20.7. The highest BCUT2D eigenvalue weighted by molar-refractivity contribution is 7.10. The molecule has 0 unspecified atom stereocenters. The van der Waals surface area contributed by atoms with Gasteiger partial charge >= 0.3 is 12.0 Å². The van der Waals surface area contributed by atoms with Gasteiger partial charge < -0.3 is 34.1 Å². The van der Waals surface area contributed by atoms with Gasteiger partial charge in [-0.2, -0.15) is 0 Å². The smallest absolute Gasteiger partial charge is 0.324 e. The van der Waals surface area contributed by atoms with Gasteiger partial charge in [-0.05, 0) is 87.3 Å². The number of aromatic nitrogens is 3. The Morgan fingerprint density at radius 2 is 1.91 bits per heavy atom. The zero-order valence-electron chi connectivity index (χ0n) is 40.5. The number of carbonyl (C=O) groups excluding carboxylic acids is 5. The number of carbonyl (C=O) groups is 5. The molecule has 3 aromatic heterocycles. The van der Waals surface area contributed by atoms with Crippen molar-refractivity contribution in [3.05, 3.63) is 70.8 Å². The summed E-state index contributed by atoms with van der Waals surface area (Å²) in [6.07, 6.45) is 5.19. The number of urea groups is 1. The highest BCUT2D eigenvalue weighted by atomic mass is 32.1. The first-order chi connectivity index (χ1) is 31.9. The molecule has 2 N–H and O–H groups in total.